The van der Waals surface area contributed by atoms with Crippen molar-refractivity contribution in [2.75, 3.05) is 5.32 Å². The normalized spacial score (nSPS) is 10.9. The molecule has 0 saturated heterocycles. The lowest BCUT2D eigenvalue weighted by atomic mass is 10.0. The number of ether oxygens (including phenoxy) is 1. The Labute approximate surface area is 197 Å². The maximum absolute atomic E-state index is 12.6. The van der Waals surface area contributed by atoms with E-state index in [0.717, 1.165) is 5.56 Å². The molecule has 0 aliphatic heterocycles. The number of benzene rings is 3. The smallest absolute Gasteiger partial charge is 0.227 e. The summed E-state index contributed by atoms with van der Waals surface area (Å²) in [4.78, 5) is 17.0. The van der Waals surface area contributed by atoms with Crippen LogP contribution < -0.4 is 10.1 Å². The number of hydrogen-bond donors (Lipinski definition) is 1. The van der Waals surface area contributed by atoms with Crippen LogP contribution in [-0.4, -0.2) is 16.0 Å². The second-order valence-electron chi connectivity index (χ2n) is 7.89. The number of aryl methyl sites for hydroxylation is 1. The molecule has 7 heteroatoms. The highest BCUT2D eigenvalue weighted by atomic mass is 35.5. The number of amides is 1. The van der Waals surface area contributed by atoms with Crippen molar-refractivity contribution < 1.29 is 14.1 Å². The number of anilines is 1. The third kappa shape index (κ3) is 5.99. The molecule has 0 aliphatic carbocycles. The van der Waals surface area contributed by atoms with Crippen LogP contribution in [0.5, 0.6) is 11.5 Å². The average molecular weight is 462 g/mol. The summed E-state index contributed by atoms with van der Waals surface area (Å²) in [5.74, 6) is 2.32. The Balaban J connectivity index is 1.38. The molecule has 4 rings (SSSR count). The van der Waals surface area contributed by atoms with Gasteiger partial charge in [-0.3, -0.25) is 4.79 Å². The van der Waals surface area contributed by atoms with Crippen molar-refractivity contribution in [3.63, 3.8) is 0 Å². The van der Waals surface area contributed by atoms with E-state index in [1.165, 1.54) is 5.56 Å². The van der Waals surface area contributed by atoms with Gasteiger partial charge in [0, 0.05) is 23.4 Å². The summed E-state index contributed by atoms with van der Waals surface area (Å²) in [5, 5.41) is 7.40. The van der Waals surface area contributed by atoms with E-state index in [2.05, 4.69) is 41.4 Å². The van der Waals surface area contributed by atoms with Crippen LogP contribution in [0.3, 0.4) is 0 Å². The molecule has 4 aromatic rings. The zero-order valence-corrected chi connectivity index (χ0v) is 19.2. The van der Waals surface area contributed by atoms with Gasteiger partial charge in [0.1, 0.15) is 5.75 Å². The van der Waals surface area contributed by atoms with Gasteiger partial charge in [0.05, 0.1) is 5.69 Å². The molecule has 0 aliphatic rings. The lowest BCUT2D eigenvalue weighted by Crippen LogP contribution is -2.13. The minimum absolute atomic E-state index is 0.172. The first kappa shape index (κ1) is 22.6. The molecule has 1 N–H and O–H groups in total. The van der Waals surface area contributed by atoms with E-state index in [1.807, 2.05) is 42.5 Å². The van der Waals surface area contributed by atoms with Crippen molar-refractivity contribution in [2.24, 2.45) is 0 Å². The summed E-state index contributed by atoms with van der Waals surface area (Å²) < 4.78 is 11.2. The van der Waals surface area contributed by atoms with Crippen LogP contribution in [0.2, 0.25) is 5.02 Å². The molecule has 0 spiro atoms. The largest absolute Gasteiger partial charge is 0.455 e. The molecule has 33 heavy (non-hydrogen) atoms. The van der Waals surface area contributed by atoms with Gasteiger partial charge in [-0.1, -0.05) is 73.1 Å². The third-order valence-corrected chi connectivity index (χ3v) is 5.29. The topological polar surface area (TPSA) is 77.2 Å². The number of aromatic nitrogens is 2. The fourth-order valence-corrected chi connectivity index (χ4v) is 3.40. The van der Waals surface area contributed by atoms with Gasteiger partial charge in [-0.2, -0.15) is 4.98 Å². The maximum Gasteiger partial charge on any atom is 0.227 e. The molecular formula is C26H24ClN3O3. The van der Waals surface area contributed by atoms with E-state index in [4.69, 9.17) is 20.9 Å². The molecule has 0 saturated carbocycles. The van der Waals surface area contributed by atoms with E-state index < -0.39 is 0 Å². The number of rotatable bonds is 8. The number of nitrogens with zero attached hydrogens (tertiary/aromatic N) is 2. The van der Waals surface area contributed by atoms with Gasteiger partial charge in [0.25, 0.3) is 0 Å². The molecule has 0 atom stereocenters. The number of carbonyl (C=O) groups excluding carboxylic acids is 1. The van der Waals surface area contributed by atoms with Crippen LogP contribution in [-0.2, 0) is 11.2 Å². The van der Waals surface area contributed by atoms with Gasteiger partial charge in [-0.05, 0) is 41.8 Å². The zero-order valence-electron chi connectivity index (χ0n) is 18.4. The minimum Gasteiger partial charge on any atom is -0.455 e. The quantitative estimate of drug-likeness (QED) is 0.309. The standard InChI is InChI=1S/C26H24ClN3O3/c1-17(2)18-8-10-19(11-9-18)26-29-25(33-30-26)15-14-24(31)28-22-16-20(27)12-13-23(22)32-21-6-4-3-5-7-21/h3-13,16-17H,14-15H2,1-2H3,(H,28,31). The van der Waals surface area contributed by atoms with Crippen molar-refractivity contribution >= 4 is 23.2 Å². The summed E-state index contributed by atoms with van der Waals surface area (Å²) in [5.41, 5.74) is 2.61. The lowest BCUT2D eigenvalue weighted by molar-refractivity contribution is -0.116. The Hall–Kier alpha value is -3.64. The molecule has 0 unspecified atom stereocenters. The lowest BCUT2D eigenvalue weighted by Gasteiger charge is -2.12. The summed E-state index contributed by atoms with van der Waals surface area (Å²) in [6.07, 6.45) is 0.490. The molecule has 0 bridgehead atoms. The second-order valence-corrected chi connectivity index (χ2v) is 8.33. The van der Waals surface area contributed by atoms with Crippen molar-refractivity contribution in [1.29, 1.82) is 0 Å². The average Bonchev–Trinajstić information content (AvgIpc) is 3.29. The van der Waals surface area contributed by atoms with Crippen LogP contribution in [0, 0.1) is 0 Å². The zero-order chi connectivity index (χ0) is 23.2. The Morgan fingerprint density at radius 1 is 1.06 bits per heavy atom. The first-order chi connectivity index (χ1) is 16.0. The number of nitrogens with one attached hydrogen (secondary N) is 1. The van der Waals surface area contributed by atoms with Gasteiger partial charge in [-0.15, -0.1) is 0 Å². The third-order valence-electron chi connectivity index (χ3n) is 5.06. The molecule has 0 fully saturated rings. The van der Waals surface area contributed by atoms with Crippen LogP contribution in [0.15, 0.2) is 77.3 Å². The molecule has 6 nitrogen and oxygen atoms in total. The van der Waals surface area contributed by atoms with Gasteiger partial charge in [0.15, 0.2) is 5.75 Å². The monoisotopic (exact) mass is 461 g/mol. The molecule has 0 radical (unpaired) electrons. The Kier molecular flexibility index (Phi) is 7.05. The number of halogens is 1. The Bertz CT molecular complexity index is 1220. The summed E-state index contributed by atoms with van der Waals surface area (Å²) in [6, 6.07) is 22.5. The van der Waals surface area contributed by atoms with Crippen molar-refractivity contribution in [3.8, 4) is 22.9 Å². The first-order valence-electron chi connectivity index (χ1n) is 10.7. The highest BCUT2D eigenvalue weighted by Crippen LogP contribution is 2.32. The molecule has 1 aromatic heterocycles. The SMILES string of the molecule is CC(C)c1ccc(-c2noc(CCC(=O)Nc3cc(Cl)ccc3Oc3ccccc3)n2)cc1. The van der Waals surface area contributed by atoms with Gasteiger partial charge in [0.2, 0.25) is 17.6 Å². The molecule has 1 amide bonds. The van der Waals surface area contributed by atoms with E-state index in [-0.39, 0.29) is 12.3 Å². The Morgan fingerprint density at radius 2 is 1.82 bits per heavy atom. The fourth-order valence-electron chi connectivity index (χ4n) is 3.23. The van der Waals surface area contributed by atoms with Gasteiger partial charge >= 0.3 is 0 Å². The van der Waals surface area contributed by atoms with Crippen molar-refractivity contribution in [3.05, 3.63) is 89.3 Å². The molecule has 168 valence electrons. The van der Waals surface area contributed by atoms with Crippen LogP contribution in [0.1, 0.15) is 37.6 Å². The van der Waals surface area contributed by atoms with E-state index in [9.17, 15) is 4.79 Å². The predicted octanol–water partition coefficient (Wildman–Crippen LogP) is 6.88. The van der Waals surface area contributed by atoms with Crippen molar-refractivity contribution in [1.82, 2.24) is 10.1 Å². The first-order valence-corrected chi connectivity index (χ1v) is 11.1. The fraction of sp³-hybridized carbons (Fsp3) is 0.192. The maximum atomic E-state index is 12.6. The molecule has 3 aromatic carbocycles. The molecule has 1 heterocycles. The number of hydrogen-bond acceptors (Lipinski definition) is 5. The minimum atomic E-state index is -0.212. The van der Waals surface area contributed by atoms with Crippen molar-refractivity contribution in [2.45, 2.75) is 32.6 Å². The summed E-state index contributed by atoms with van der Waals surface area (Å²) >= 11 is 6.12. The van der Waals surface area contributed by atoms with Gasteiger partial charge < -0.3 is 14.6 Å². The number of para-hydroxylation sites is 1. The Morgan fingerprint density at radius 3 is 2.55 bits per heavy atom. The van der Waals surface area contributed by atoms with E-state index in [1.54, 1.807) is 18.2 Å². The van der Waals surface area contributed by atoms with E-state index >= 15 is 0 Å². The summed E-state index contributed by atoms with van der Waals surface area (Å²) in [6.45, 7) is 4.29. The highest BCUT2D eigenvalue weighted by Gasteiger charge is 2.14. The second kappa shape index (κ2) is 10.3. The van der Waals surface area contributed by atoms with Crippen LogP contribution >= 0.6 is 11.6 Å². The summed E-state index contributed by atoms with van der Waals surface area (Å²) in [7, 11) is 0. The number of carbonyl (C=O) groups is 1. The molecular weight excluding hydrogens is 438 g/mol. The highest BCUT2D eigenvalue weighted by molar-refractivity contribution is 6.31. The van der Waals surface area contributed by atoms with Crippen LogP contribution in [0.4, 0.5) is 5.69 Å². The van der Waals surface area contributed by atoms with Crippen LogP contribution in [0.25, 0.3) is 11.4 Å². The van der Waals surface area contributed by atoms with E-state index in [0.29, 0.717) is 46.3 Å². The van der Waals surface area contributed by atoms with Gasteiger partial charge in [-0.25, -0.2) is 0 Å². The predicted molar refractivity (Wildman–Crippen MR) is 129 cm³/mol.